The van der Waals surface area contributed by atoms with E-state index in [2.05, 4.69) is 20.6 Å². The van der Waals surface area contributed by atoms with Crippen molar-refractivity contribution >= 4 is 40.3 Å². The third-order valence-corrected chi connectivity index (χ3v) is 10.8. The molecule has 1 aromatic heterocycles. The van der Waals surface area contributed by atoms with Crippen molar-refractivity contribution in [3.8, 4) is 23.0 Å². The number of fused-ring (bicyclic) bond motifs is 14. The van der Waals surface area contributed by atoms with Crippen LogP contribution in [0.4, 0.5) is 5.69 Å². The fraction of sp³-hybridized carbons (Fsp3) is 0.450. The topological polar surface area (TPSA) is 244 Å². The third kappa shape index (κ3) is 8.08. The fourth-order valence-corrected chi connectivity index (χ4v) is 7.25. The van der Waals surface area contributed by atoms with Crippen LogP contribution in [-0.2, 0) is 23.8 Å². The number of carbonyl (C=O) groups excluding carboxylic acids is 3. The first kappa shape index (κ1) is 42.4. The Hall–Kier alpha value is -5.78. The van der Waals surface area contributed by atoms with Crippen LogP contribution in [0, 0.1) is 30.6 Å². The molecular weight excluding hydrogens is 742 g/mol. The van der Waals surface area contributed by atoms with Crippen molar-refractivity contribution in [3.05, 3.63) is 65.5 Å². The van der Waals surface area contributed by atoms with Gasteiger partial charge in [0.05, 0.1) is 53.0 Å². The summed E-state index contributed by atoms with van der Waals surface area (Å²) in [6, 6.07) is 0. The van der Waals surface area contributed by atoms with Gasteiger partial charge in [-0.25, -0.2) is 4.68 Å². The Bertz CT molecular complexity index is 2160. The Morgan fingerprint density at radius 2 is 1.63 bits per heavy atom. The minimum absolute atomic E-state index is 0.0254. The minimum Gasteiger partial charge on any atom is -0.507 e. The Morgan fingerprint density at radius 3 is 2.26 bits per heavy atom. The quantitative estimate of drug-likeness (QED) is 0.0938. The molecule has 0 saturated carbocycles. The number of aromatic hydroxyl groups is 3. The summed E-state index contributed by atoms with van der Waals surface area (Å²) in [5.74, 6) is -8.72. The molecule has 0 saturated heterocycles. The Morgan fingerprint density at radius 1 is 0.965 bits per heavy atom. The first-order valence-electron chi connectivity index (χ1n) is 18.3. The standard InChI is InChI=1S/C40H49N5O12/c1-18-11-10-12-19(2)39(53)44-30-25(15-43-45-16-41-42-17-45)34(50)27-28(35(30)51)33(49)23(6)37-29(27)38(52)40(8,57-37)55-14-13-26(54-9)20(3)36(56-24(7)46)22(5)32(48)21(4)31(18)47/h10-18,20-22,26,31-32,36,47-51H,1-9H3,(H,44,53)/b11-10+,14-13+,19-12-,43-15-/t18-,20+,21+,22+,26-,31-,32+,36+,40-/m0/s1. The van der Waals surface area contributed by atoms with Gasteiger partial charge in [-0.05, 0) is 19.9 Å². The average Bonchev–Trinajstić information content (AvgIpc) is 3.79. The number of aliphatic hydroxyl groups is 2. The van der Waals surface area contributed by atoms with E-state index < -0.39 is 88.8 Å². The summed E-state index contributed by atoms with van der Waals surface area (Å²) in [5, 5.41) is 71.5. The van der Waals surface area contributed by atoms with Crippen molar-refractivity contribution in [2.45, 2.75) is 85.6 Å². The number of methoxy groups -OCH3 is 1. The summed E-state index contributed by atoms with van der Waals surface area (Å²) in [4.78, 5) is 40.2. The molecule has 4 heterocycles. The van der Waals surface area contributed by atoms with Gasteiger partial charge in [-0.1, -0.05) is 45.9 Å². The van der Waals surface area contributed by atoms with E-state index in [1.54, 1.807) is 39.8 Å². The lowest BCUT2D eigenvalue weighted by Gasteiger charge is -2.38. The van der Waals surface area contributed by atoms with Crippen LogP contribution in [0.25, 0.3) is 10.8 Å². The molecule has 5 bridgehead atoms. The number of phenolic OH excluding ortho intramolecular Hbond substituents is 3. The first-order valence-corrected chi connectivity index (χ1v) is 18.3. The van der Waals surface area contributed by atoms with Crippen LogP contribution in [0.3, 0.4) is 0 Å². The molecule has 57 heavy (non-hydrogen) atoms. The van der Waals surface area contributed by atoms with Crippen LogP contribution in [0.5, 0.6) is 23.0 Å². The minimum atomic E-state index is -2.07. The highest BCUT2D eigenvalue weighted by molar-refractivity contribution is 6.23. The highest BCUT2D eigenvalue weighted by Gasteiger charge is 2.50. The van der Waals surface area contributed by atoms with Crippen molar-refractivity contribution in [2.24, 2.45) is 28.8 Å². The molecule has 0 unspecified atom stereocenters. The van der Waals surface area contributed by atoms with Crippen LogP contribution in [-0.4, -0.2) is 102 Å². The molecule has 17 nitrogen and oxygen atoms in total. The lowest BCUT2D eigenvalue weighted by molar-refractivity contribution is -0.160. The number of nitrogens with one attached hydrogen (secondary N) is 1. The van der Waals surface area contributed by atoms with Gasteiger partial charge in [0.25, 0.3) is 11.7 Å². The van der Waals surface area contributed by atoms with Crippen molar-refractivity contribution in [1.82, 2.24) is 14.9 Å². The number of rotatable bonds is 4. The lowest BCUT2D eigenvalue weighted by Crippen LogP contribution is -2.46. The number of aliphatic hydroxyl groups excluding tert-OH is 2. The molecule has 6 rings (SSSR count). The van der Waals surface area contributed by atoms with Crippen LogP contribution >= 0.6 is 0 Å². The molecule has 17 heteroatoms. The van der Waals surface area contributed by atoms with Crippen LogP contribution < -0.4 is 10.1 Å². The normalized spacial score (nSPS) is 30.8. The van der Waals surface area contributed by atoms with Gasteiger partial charge in [0.1, 0.15) is 36.0 Å². The van der Waals surface area contributed by atoms with Gasteiger partial charge < -0.3 is 49.8 Å². The zero-order valence-corrected chi connectivity index (χ0v) is 33.1. The number of hydrogen-bond acceptors (Lipinski definition) is 15. The number of phenols is 3. The Labute approximate surface area is 328 Å². The number of benzene rings is 2. The lowest BCUT2D eigenvalue weighted by atomic mass is 9.78. The highest BCUT2D eigenvalue weighted by Crippen LogP contribution is 2.55. The second-order valence-corrected chi connectivity index (χ2v) is 14.7. The summed E-state index contributed by atoms with van der Waals surface area (Å²) in [6.07, 6.45) is 7.00. The second-order valence-electron chi connectivity index (χ2n) is 14.7. The molecule has 6 N–H and O–H groups in total. The number of anilines is 1. The van der Waals surface area contributed by atoms with Crippen LogP contribution in [0.15, 0.2) is 53.9 Å². The maximum atomic E-state index is 14.3. The van der Waals surface area contributed by atoms with E-state index in [-0.39, 0.29) is 44.5 Å². The molecule has 306 valence electrons. The van der Waals surface area contributed by atoms with Crippen LogP contribution in [0.1, 0.15) is 70.0 Å². The van der Waals surface area contributed by atoms with Gasteiger partial charge in [-0.2, -0.15) is 5.10 Å². The SMILES string of the molecule is CO[C@H]1/C=C/O[C@@]2(C)Oc3c(C)c(O)c4c(O)c(c(/C=N\n5cnnc5)c(O)c4c3C2=O)NC(=O)/C(C)=C\C=C\[C@H](C)[C@H](O)[C@@H](C)[C@@H](O)[C@@H](C)[C@H](OC(C)=O)[C@@H]1C. The predicted octanol–water partition coefficient (Wildman–Crippen LogP) is 4.23. The average molecular weight is 792 g/mol. The maximum absolute atomic E-state index is 14.3. The molecule has 0 fully saturated rings. The molecule has 0 spiro atoms. The van der Waals surface area contributed by atoms with Gasteiger partial charge in [0, 0.05) is 61.2 Å². The molecule has 9 atom stereocenters. The number of ether oxygens (including phenoxy) is 4. The van der Waals surface area contributed by atoms with Crippen LogP contribution in [0.2, 0.25) is 0 Å². The summed E-state index contributed by atoms with van der Waals surface area (Å²) in [6.45, 7) is 12.4. The molecule has 3 aliphatic rings. The molecule has 1 amide bonds. The number of nitrogens with zero attached hydrogens (tertiary/aromatic N) is 4. The zero-order chi connectivity index (χ0) is 42.1. The van der Waals surface area contributed by atoms with Gasteiger partial charge in [0.15, 0.2) is 5.75 Å². The van der Waals surface area contributed by atoms with Gasteiger partial charge in [0.2, 0.25) is 0 Å². The van der Waals surface area contributed by atoms with Gasteiger partial charge in [-0.15, -0.1) is 10.2 Å². The number of ketones is 1. The monoisotopic (exact) mass is 791 g/mol. The van der Waals surface area contributed by atoms with Crippen molar-refractivity contribution < 1.29 is 58.9 Å². The maximum Gasteiger partial charge on any atom is 0.312 e. The van der Waals surface area contributed by atoms with E-state index in [9.17, 15) is 39.9 Å². The fourth-order valence-electron chi connectivity index (χ4n) is 7.25. The number of allylic oxidation sites excluding steroid dienone is 2. The van der Waals surface area contributed by atoms with Gasteiger partial charge >= 0.3 is 11.8 Å². The molecular formula is C40H49N5O12. The number of aromatic nitrogens is 3. The predicted molar refractivity (Wildman–Crippen MR) is 207 cm³/mol. The second kappa shape index (κ2) is 16.8. The Kier molecular flexibility index (Phi) is 12.5. The largest absolute Gasteiger partial charge is 0.507 e. The molecule has 3 aliphatic heterocycles. The zero-order valence-electron chi connectivity index (χ0n) is 33.1. The first-order chi connectivity index (χ1) is 26.8. The van der Waals surface area contributed by atoms with E-state index in [4.69, 9.17) is 18.9 Å². The number of amides is 1. The van der Waals surface area contributed by atoms with Crippen molar-refractivity contribution in [2.75, 3.05) is 12.4 Å². The number of Topliss-reactive ketones (excluding diaryl/α,β-unsaturated/α-hetero) is 1. The van der Waals surface area contributed by atoms with Crippen molar-refractivity contribution in [3.63, 3.8) is 0 Å². The van der Waals surface area contributed by atoms with Crippen molar-refractivity contribution in [1.29, 1.82) is 0 Å². The Balaban J connectivity index is 1.72. The van der Waals surface area contributed by atoms with E-state index in [1.165, 1.54) is 70.5 Å². The van der Waals surface area contributed by atoms with E-state index >= 15 is 0 Å². The number of esters is 1. The summed E-state index contributed by atoms with van der Waals surface area (Å²) in [7, 11) is 1.42. The van der Waals surface area contributed by atoms with E-state index in [0.717, 1.165) is 6.21 Å². The smallest absolute Gasteiger partial charge is 0.312 e. The highest BCUT2D eigenvalue weighted by atomic mass is 16.7. The molecule has 3 aromatic rings. The van der Waals surface area contributed by atoms with Gasteiger partial charge in [-0.3, -0.25) is 14.4 Å². The number of hydrogen-bond donors (Lipinski definition) is 6. The summed E-state index contributed by atoms with van der Waals surface area (Å²) >= 11 is 0. The molecule has 2 aromatic carbocycles. The number of carbonyl (C=O) groups is 3. The van der Waals surface area contributed by atoms with E-state index in [1.807, 2.05) is 0 Å². The molecule has 0 radical (unpaired) electrons. The summed E-state index contributed by atoms with van der Waals surface area (Å²) in [5.41, 5.74) is -0.655. The summed E-state index contributed by atoms with van der Waals surface area (Å²) < 4.78 is 24.6. The third-order valence-electron chi connectivity index (χ3n) is 10.8. The van der Waals surface area contributed by atoms with E-state index in [0.29, 0.717) is 0 Å². The molecule has 0 aliphatic carbocycles.